The molecule has 3 rings (SSSR count). The van der Waals surface area contributed by atoms with Crippen molar-refractivity contribution in [2.75, 3.05) is 18.9 Å². The number of nitrogens with zero attached hydrogens (tertiary/aromatic N) is 2. The summed E-state index contributed by atoms with van der Waals surface area (Å²) < 4.78 is 0. The minimum atomic E-state index is -0.329. The molecule has 1 N–H and O–H groups in total. The number of rotatable bonds is 5. The van der Waals surface area contributed by atoms with Gasteiger partial charge in [-0.15, -0.1) is 22.7 Å². The molecule has 0 bridgehead atoms. The number of likely N-dealkylation sites (N-methyl/N-ethyl adjacent to an activating group) is 1. The number of halogens is 2. The maximum Gasteiger partial charge on any atom is 0.266 e. The molecule has 0 spiro atoms. The maximum atomic E-state index is 12.7. The van der Waals surface area contributed by atoms with Gasteiger partial charge in [0.15, 0.2) is 0 Å². The number of benzene rings is 1. The summed E-state index contributed by atoms with van der Waals surface area (Å²) in [5.74, 6) is -0.568. The molecule has 2 heterocycles. The first-order chi connectivity index (χ1) is 12.8. The number of hydrogen-bond acceptors (Lipinski definition) is 5. The molecule has 0 aliphatic heterocycles. The first kappa shape index (κ1) is 19.8. The van der Waals surface area contributed by atoms with Crippen LogP contribution < -0.4 is 5.32 Å². The summed E-state index contributed by atoms with van der Waals surface area (Å²) in [7, 11) is 1.58. The van der Waals surface area contributed by atoms with Gasteiger partial charge in [0.1, 0.15) is 9.88 Å². The lowest BCUT2D eigenvalue weighted by Crippen LogP contribution is -2.34. The van der Waals surface area contributed by atoms with Crippen molar-refractivity contribution < 1.29 is 9.59 Å². The van der Waals surface area contributed by atoms with E-state index in [-0.39, 0.29) is 18.4 Å². The van der Waals surface area contributed by atoms with Crippen molar-refractivity contribution in [3.63, 3.8) is 0 Å². The number of anilines is 1. The predicted octanol–water partition coefficient (Wildman–Crippen LogP) is 5.20. The topological polar surface area (TPSA) is 62.3 Å². The van der Waals surface area contributed by atoms with E-state index >= 15 is 0 Å². The van der Waals surface area contributed by atoms with E-state index in [1.54, 1.807) is 43.5 Å². The predicted molar refractivity (Wildman–Crippen MR) is 112 cm³/mol. The zero-order valence-corrected chi connectivity index (χ0v) is 17.6. The first-order valence-corrected chi connectivity index (χ1v) is 10.3. The molecule has 0 radical (unpaired) electrons. The lowest BCUT2D eigenvalue weighted by atomic mass is 10.3. The fourth-order valence-electron chi connectivity index (χ4n) is 2.34. The molecule has 3 aromatic rings. The van der Waals surface area contributed by atoms with Crippen molar-refractivity contribution in [3.05, 3.63) is 56.3 Å². The van der Waals surface area contributed by atoms with Gasteiger partial charge in [-0.1, -0.05) is 29.3 Å². The first-order valence-electron chi connectivity index (χ1n) is 7.87. The molecule has 0 aliphatic rings. The van der Waals surface area contributed by atoms with Crippen LogP contribution in [0, 0.1) is 6.92 Å². The molecule has 2 amide bonds. The zero-order chi connectivity index (χ0) is 19.6. The fraction of sp³-hybridized carbons (Fsp3) is 0.167. The molecule has 5 nitrogen and oxygen atoms in total. The number of hydrogen-bond donors (Lipinski definition) is 1. The molecule has 0 fully saturated rings. The third-order valence-corrected chi connectivity index (χ3v) is 6.58. The second-order valence-electron chi connectivity index (χ2n) is 5.75. The Kier molecular flexibility index (Phi) is 6.16. The minimum absolute atomic E-state index is 0.0925. The van der Waals surface area contributed by atoms with Crippen LogP contribution in [0.3, 0.4) is 0 Å². The van der Waals surface area contributed by atoms with Crippen LogP contribution in [0.5, 0.6) is 0 Å². The summed E-state index contributed by atoms with van der Waals surface area (Å²) in [5, 5.41) is 6.23. The smallest absolute Gasteiger partial charge is 0.266 e. The van der Waals surface area contributed by atoms with Gasteiger partial charge in [-0.05, 0) is 36.6 Å². The Bertz CT molecular complexity index is 987. The molecule has 2 aromatic heterocycles. The van der Waals surface area contributed by atoms with E-state index in [0.29, 0.717) is 26.3 Å². The highest BCUT2D eigenvalue weighted by Crippen LogP contribution is 2.31. The van der Waals surface area contributed by atoms with Gasteiger partial charge in [0.2, 0.25) is 5.91 Å². The molecular formula is C18H15Cl2N3O2S2. The van der Waals surface area contributed by atoms with Crippen LogP contribution in [0.1, 0.15) is 15.4 Å². The van der Waals surface area contributed by atoms with Crippen LogP contribution in [0.4, 0.5) is 5.69 Å². The van der Waals surface area contributed by atoms with Crippen molar-refractivity contribution in [3.8, 4) is 9.88 Å². The number of amides is 2. The van der Waals surface area contributed by atoms with Gasteiger partial charge in [-0.25, -0.2) is 4.98 Å². The Hall–Kier alpha value is -1.93. The number of aryl methyl sites for hydroxylation is 1. The summed E-state index contributed by atoms with van der Waals surface area (Å²) in [6, 6.07) is 8.71. The van der Waals surface area contributed by atoms with Gasteiger partial charge in [-0.3, -0.25) is 9.59 Å². The van der Waals surface area contributed by atoms with E-state index < -0.39 is 0 Å². The SMILES string of the molecule is Cc1nc(-c2cccs2)sc1C(=O)N(C)CC(=O)Nc1ccc(Cl)c(Cl)c1. The summed E-state index contributed by atoms with van der Waals surface area (Å²) in [6.07, 6.45) is 0. The summed E-state index contributed by atoms with van der Waals surface area (Å²) in [6.45, 7) is 1.70. The van der Waals surface area contributed by atoms with Crippen LogP contribution in [0.2, 0.25) is 10.0 Å². The average Bonchev–Trinajstić information content (AvgIpc) is 3.27. The van der Waals surface area contributed by atoms with Gasteiger partial charge < -0.3 is 10.2 Å². The Morgan fingerprint density at radius 2 is 2.00 bits per heavy atom. The van der Waals surface area contributed by atoms with E-state index in [1.165, 1.54) is 16.2 Å². The molecule has 0 atom stereocenters. The van der Waals surface area contributed by atoms with Gasteiger partial charge in [0.25, 0.3) is 5.91 Å². The molecule has 0 aliphatic carbocycles. The Labute approximate surface area is 174 Å². The largest absolute Gasteiger partial charge is 0.332 e. The van der Waals surface area contributed by atoms with Crippen LogP contribution in [-0.2, 0) is 4.79 Å². The summed E-state index contributed by atoms with van der Waals surface area (Å²) >= 11 is 14.7. The van der Waals surface area contributed by atoms with E-state index in [0.717, 1.165) is 9.88 Å². The van der Waals surface area contributed by atoms with E-state index in [1.807, 2.05) is 17.5 Å². The van der Waals surface area contributed by atoms with E-state index in [4.69, 9.17) is 23.2 Å². The average molecular weight is 440 g/mol. The highest BCUT2D eigenvalue weighted by atomic mass is 35.5. The summed E-state index contributed by atoms with van der Waals surface area (Å²) in [4.78, 5) is 32.3. The number of nitrogens with one attached hydrogen (secondary N) is 1. The molecule has 27 heavy (non-hydrogen) atoms. The number of thiazole rings is 1. The quantitative estimate of drug-likeness (QED) is 0.594. The van der Waals surface area contributed by atoms with Crippen molar-refractivity contribution in [2.24, 2.45) is 0 Å². The number of carbonyl (C=O) groups excluding carboxylic acids is 2. The maximum absolute atomic E-state index is 12.7. The normalized spacial score (nSPS) is 10.7. The van der Waals surface area contributed by atoms with Crippen molar-refractivity contribution >= 4 is 63.4 Å². The Morgan fingerprint density at radius 1 is 1.22 bits per heavy atom. The molecule has 140 valence electrons. The Balaban J connectivity index is 1.66. The van der Waals surface area contributed by atoms with Crippen LogP contribution in [0.15, 0.2) is 35.7 Å². The highest BCUT2D eigenvalue weighted by molar-refractivity contribution is 7.22. The number of thiophene rings is 1. The second kappa shape index (κ2) is 8.39. The highest BCUT2D eigenvalue weighted by Gasteiger charge is 2.21. The van der Waals surface area contributed by atoms with Crippen LogP contribution in [-0.4, -0.2) is 35.3 Å². The van der Waals surface area contributed by atoms with E-state index in [2.05, 4.69) is 10.3 Å². The summed E-state index contributed by atoms with van der Waals surface area (Å²) in [5.41, 5.74) is 1.18. The van der Waals surface area contributed by atoms with Crippen molar-refractivity contribution in [1.82, 2.24) is 9.88 Å². The van der Waals surface area contributed by atoms with Crippen LogP contribution in [0.25, 0.3) is 9.88 Å². The van der Waals surface area contributed by atoms with Gasteiger partial charge >= 0.3 is 0 Å². The number of carbonyl (C=O) groups is 2. The molecule has 1 aromatic carbocycles. The third-order valence-electron chi connectivity index (χ3n) is 3.65. The van der Waals surface area contributed by atoms with Gasteiger partial charge in [-0.2, -0.15) is 0 Å². The second-order valence-corrected chi connectivity index (χ2v) is 8.51. The fourth-order valence-corrected chi connectivity index (χ4v) is 4.49. The van der Waals surface area contributed by atoms with Crippen molar-refractivity contribution in [2.45, 2.75) is 6.92 Å². The minimum Gasteiger partial charge on any atom is -0.332 e. The monoisotopic (exact) mass is 439 g/mol. The zero-order valence-electron chi connectivity index (χ0n) is 14.5. The molecular weight excluding hydrogens is 425 g/mol. The Morgan fingerprint density at radius 3 is 2.67 bits per heavy atom. The van der Waals surface area contributed by atoms with E-state index in [9.17, 15) is 9.59 Å². The molecule has 0 unspecified atom stereocenters. The van der Waals surface area contributed by atoms with Crippen LogP contribution >= 0.6 is 45.9 Å². The molecule has 9 heteroatoms. The number of aromatic nitrogens is 1. The molecule has 0 saturated carbocycles. The van der Waals surface area contributed by atoms with Gasteiger partial charge in [0, 0.05) is 12.7 Å². The lowest BCUT2D eigenvalue weighted by molar-refractivity contribution is -0.116. The molecule has 0 saturated heterocycles. The lowest BCUT2D eigenvalue weighted by Gasteiger charge is -2.16. The van der Waals surface area contributed by atoms with Crippen molar-refractivity contribution in [1.29, 1.82) is 0 Å². The standard InChI is InChI=1S/C18H15Cl2N3O2S2/c1-10-16(27-17(21-10)14-4-3-7-26-14)18(25)23(2)9-15(24)22-11-5-6-12(19)13(20)8-11/h3-8H,9H2,1-2H3,(H,22,24). The van der Waals surface area contributed by atoms with Gasteiger partial charge in [0.05, 0.1) is 27.2 Å². The third kappa shape index (κ3) is 4.68.